The molecule has 0 heterocycles. The van der Waals surface area contributed by atoms with E-state index in [0.29, 0.717) is 6.08 Å². The zero-order valence-corrected chi connectivity index (χ0v) is 6.47. The van der Waals surface area contributed by atoms with Crippen molar-refractivity contribution in [3.05, 3.63) is 33.5 Å². The van der Waals surface area contributed by atoms with Gasteiger partial charge in [0, 0.05) is 11.6 Å². The van der Waals surface area contributed by atoms with Gasteiger partial charge in [0.05, 0.1) is 4.92 Å². The third-order valence-corrected chi connectivity index (χ3v) is 1.66. The van der Waals surface area contributed by atoms with Crippen molar-refractivity contribution in [2.75, 3.05) is 0 Å². The lowest BCUT2D eigenvalue weighted by molar-refractivity contribution is -0.419. The average Bonchev–Trinajstić information content (AvgIpc) is 2.03. The molecule has 0 aromatic carbocycles. The van der Waals surface area contributed by atoms with Crippen LogP contribution in [-0.4, -0.2) is 11.1 Å². The van der Waals surface area contributed by atoms with Crippen LogP contribution < -0.4 is 0 Å². The summed E-state index contributed by atoms with van der Waals surface area (Å²) in [5, 5.41) is 10.2. The highest BCUT2D eigenvalue weighted by molar-refractivity contribution is 5.25. The molecule has 3 nitrogen and oxygen atoms in total. The van der Waals surface area contributed by atoms with Crippen molar-refractivity contribution >= 4 is 0 Å². The van der Waals surface area contributed by atoms with E-state index < -0.39 is 22.4 Å². The van der Waals surface area contributed by atoms with E-state index in [9.17, 15) is 23.3 Å². The van der Waals surface area contributed by atoms with Gasteiger partial charge in [0.2, 0.25) is 0 Å². The molecule has 0 aromatic heterocycles. The number of nitro groups is 1. The van der Waals surface area contributed by atoms with Crippen LogP contribution in [0.3, 0.4) is 0 Å². The Labute approximate surface area is 71.7 Å². The number of halogens is 3. The first kappa shape index (κ1) is 9.76. The molecule has 0 N–H and O–H groups in total. The lowest BCUT2D eigenvalue weighted by atomic mass is 10.0. The average molecular weight is 193 g/mol. The van der Waals surface area contributed by atoms with Crippen LogP contribution in [0.5, 0.6) is 0 Å². The standard InChI is InChI=1S/C7H6F3NO2/c8-7(9,10)5-2-1-3-6(4-5)11(12)13/h3-4H,1-2H2. The first-order valence-electron chi connectivity index (χ1n) is 3.53. The fourth-order valence-electron chi connectivity index (χ4n) is 1.04. The molecule has 0 bridgehead atoms. The zero-order chi connectivity index (χ0) is 10.1. The number of hydrogen-bond donors (Lipinski definition) is 0. The van der Waals surface area contributed by atoms with E-state index in [1.807, 2.05) is 0 Å². The van der Waals surface area contributed by atoms with Gasteiger partial charge < -0.3 is 0 Å². The van der Waals surface area contributed by atoms with Gasteiger partial charge in [0.25, 0.3) is 5.70 Å². The van der Waals surface area contributed by atoms with Crippen LogP contribution in [0.4, 0.5) is 13.2 Å². The molecule has 0 aliphatic heterocycles. The van der Waals surface area contributed by atoms with Gasteiger partial charge in [0.15, 0.2) is 0 Å². The first-order chi connectivity index (χ1) is 5.91. The second-order valence-electron chi connectivity index (χ2n) is 2.59. The Morgan fingerprint density at radius 2 is 2.08 bits per heavy atom. The summed E-state index contributed by atoms with van der Waals surface area (Å²) in [6, 6.07) is 0. The Morgan fingerprint density at radius 3 is 2.54 bits per heavy atom. The molecular formula is C7H6F3NO2. The van der Waals surface area contributed by atoms with Crippen LogP contribution in [0.25, 0.3) is 0 Å². The Balaban J connectivity index is 2.91. The van der Waals surface area contributed by atoms with Crippen molar-refractivity contribution in [3.8, 4) is 0 Å². The van der Waals surface area contributed by atoms with E-state index in [2.05, 4.69) is 0 Å². The van der Waals surface area contributed by atoms with Gasteiger partial charge in [-0.05, 0) is 18.9 Å². The van der Waals surface area contributed by atoms with E-state index in [0.717, 1.165) is 0 Å². The van der Waals surface area contributed by atoms with Gasteiger partial charge >= 0.3 is 6.18 Å². The van der Waals surface area contributed by atoms with Gasteiger partial charge in [-0.25, -0.2) is 0 Å². The third kappa shape index (κ3) is 2.30. The molecular weight excluding hydrogens is 187 g/mol. The molecule has 1 aliphatic carbocycles. The van der Waals surface area contributed by atoms with Gasteiger partial charge in [-0.15, -0.1) is 0 Å². The Hall–Kier alpha value is -1.33. The predicted molar refractivity (Wildman–Crippen MR) is 38.4 cm³/mol. The molecule has 0 fully saturated rings. The number of alkyl halides is 3. The molecule has 1 rings (SSSR count). The molecule has 0 unspecified atom stereocenters. The summed E-state index contributed by atoms with van der Waals surface area (Å²) in [6.07, 6.45) is -2.78. The molecule has 6 heteroatoms. The highest BCUT2D eigenvalue weighted by Crippen LogP contribution is 2.32. The number of allylic oxidation sites excluding steroid dienone is 3. The van der Waals surface area contributed by atoms with Crippen molar-refractivity contribution in [2.45, 2.75) is 19.0 Å². The van der Waals surface area contributed by atoms with Crippen molar-refractivity contribution < 1.29 is 18.1 Å². The topological polar surface area (TPSA) is 43.1 Å². The fraction of sp³-hybridized carbons (Fsp3) is 0.429. The van der Waals surface area contributed by atoms with Crippen molar-refractivity contribution in [2.24, 2.45) is 0 Å². The summed E-state index contributed by atoms with van der Waals surface area (Å²) in [5.74, 6) is 0. The van der Waals surface area contributed by atoms with Gasteiger partial charge in [-0.1, -0.05) is 0 Å². The number of rotatable bonds is 1. The van der Waals surface area contributed by atoms with E-state index in [1.54, 1.807) is 0 Å². The molecule has 1 aliphatic rings. The maximum Gasteiger partial charge on any atom is 0.412 e. The molecule has 0 spiro atoms. The second kappa shape index (κ2) is 3.20. The molecule has 0 radical (unpaired) electrons. The Morgan fingerprint density at radius 1 is 1.46 bits per heavy atom. The lowest BCUT2D eigenvalue weighted by Crippen LogP contribution is -2.15. The summed E-state index contributed by atoms with van der Waals surface area (Å²) in [6.45, 7) is 0. The normalized spacial score (nSPS) is 17.8. The zero-order valence-electron chi connectivity index (χ0n) is 6.47. The summed E-state index contributed by atoms with van der Waals surface area (Å²) in [5.41, 5.74) is -1.31. The molecule has 0 aromatic rings. The van der Waals surface area contributed by atoms with Crippen LogP contribution in [0, 0.1) is 10.1 Å². The van der Waals surface area contributed by atoms with Crippen LogP contribution in [-0.2, 0) is 0 Å². The van der Waals surface area contributed by atoms with E-state index >= 15 is 0 Å². The van der Waals surface area contributed by atoms with Crippen LogP contribution in [0.15, 0.2) is 23.4 Å². The Kier molecular flexibility index (Phi) is 2.40. The molecule has 72 valence electrons. The minimum absolute atomic E-state index is 0.0711. The van der Waals surface area contributed by atoms with Crippen LogP contribution in [0.1, 0.15) is 12.8 Å². The second-order valence-corrected chi connectivity index (χ2v) is 2.59. The summed E-state index contributed by atoms with van der Waals surface area (Å²) >= 11 is 0. The largest absolute Gasteiger partial charge is 0.412 e. The molecule has 0 amide bonds. The molecule has 0 saturated carbocycles. The van der Waals surface area contributed by atoms with Crippen LogP contribution in [0.2, 0.25) is 0 Å². The molecule has 0 saturated heterocycles. The van der Waals surface area contributed by atoms with Crippen molar-refractivity contribution in [3.63, 3.8) is 0 Å². The highest BCUT2D eigenvalue weighted by atomic mass is 19.4. The number of nitrogens with zero attached hydrogens (tertiary/aromatic N) is 1. The van der Waals surface area contributed by atoms with Crippen LogP contribution >= 0.6 is 0 Å². The highest BCUT2D eigenvalue weighted by Gasteiger charge is 2.35. The minimum Gasteiger partial charge on any atom is -0.258 e. The van der Waals surface area contributed by atoms with Gasteiger partial charge in [-0.3, -0.25) is 10.1 Å². The van der Waals surface area contributed by atoms with Crippen molar-refractivity contribution in [1.29, 1.82) is 0 Å². The quantitative estimate of drug-likeness (QED) is 0.474. The molecule has 0 atom stereocenters. The number of hydrogen-bond acceptors (Lipinski definition) is 2. The lowest BCUT2D eigenvalue weighted by Gasteiger charge is -2.12. The SMILES string of the molecule is O=[N+]([O-])C1=CCCC(C(F)(F)F)=C1. The third-order valence-electron chi connectivity index (χ3n) is 1.66. The minimum atomic E-state index is -4.45. The Bertz CT molecular complexity index is 291. The maximum atomic E-state index is 12.1. The van der Waals surface area contributed by atoms with Gasteiger partial charge in [0.1, 0.15) is 0 Å². The summed E-state index contributed by atoms with van der Waals surface area (Å²) in [4.78, 5) is 9.34. The van der Waals surface area contributed by atoms with Gasteiger partial charge in [-0.2, -0.15) is 13.2 Å². The van der Waals surface area contributed by atoms with E-state index in [4.69, 9.17) is 0 Å². The summed E-state index contributed by atoms with van der Waals surface area (Å²) in [7, 11) is 0. The maximum absolute atomic E-state index is 12.1. The fourth-order valence-corrected chi connectivity index (χ4v) is 1.04. The monoisotopic (exact) mass is 193 g/mol. The molecule has 13 heavy (non-hydrogen) atoms. The smallest absolute Gasteiger partial charge is 0.258 e. The van der Waals surface area contributed by atoms with E-state index in [1.165, 1.54) is 6.08 Å². The summed E-state index contributed by atoms with van der Waals surface area (Å²) < 4.78 is 36.2. The predicted octanol–water partition coefficient (Wildman–Crippen LogP) is 2.43. The van der Waals surface area contributed by atoms with E-state index in [-0.39, 0.29) is 12.8 Å². The van der Waals surface area contributed by atoms with Crippen molar-refractivity contribution in [1.82, 2.24) is 0 Å². The first-order valence-corrected chi connectivity index (χ1v) is 3.53.